The van der Waals surface area contributed by atoms with Gasteiger partial charge in [0, 0.05) is 12.1 Å². The molecular formula is C12H19NO2. The molecule has 0 radical (unpaired) electrons. The van der Waals surface area contributed by atoms with Gasteiger partial charge in [0.2, 0.25) is 0 Å². The van der Waals surface area contributed by atoms with Crippen molar-refractivity contribution in [2.24, 2.45) is 0 Å². The third-order valence-electron chi connectivity index (χ3n) is 2.42. The van der Waals surface area contributed by atoms with Crippen LogP contribution in [0, 0.1) is 0 Å². The molecule has 0 amide bonds. The normalized spacial score (nSPS) is 14.7. The fourth-order valence-corrected chi connectivity index (χ4v) is 1.47. The van der Waals surface area contributed by atoms with Crippen LogP contribution in [-0.4, -0.2) is 24.9 Å². The maximum atomic E-state index is 8.93. The highest BCUT2D eigenvalue weighted by Gasteiger charge is 2.08. The maximum Gasteiger partial charge on any atom is 0.118 e. The summed E-state index contributed by atoms with van der Waals surface area (Å²) in [7, 11) is 1.66. The number of nitrogens with one attached hydrogen (secondary N) is 1. The molecule has 0 unspecified atom stereocenters. The summed E-state index contributed by atoms with van der Waals surface area (Å²) < 4.78 is 5.09. The summed E-state index contributed by atoms with van der Waals surface area (Å²) in [5.74, 6) is 0.862. The van der Waals surface area contributed by atoms with E-state index < -0.39 is 0 Å². The number of aliphatic hydroxyl groups is 1. The summed E-state index contributed by atoms with van der Waals surface area (Å²) >= 11 is 0. The summed E-state index contributed by atoms with van der Waals surface area (Å²) in [6, 6.07) is 8.29. The van der Waals surface area contributed by atoms with Crippen LogP contribution in [0.2, 0.25) is 0 Å². The van der Waals surface area contributed by atoms with Crippen molar-refractivity contribution in [3.63, 3.8) is 0 Å². The Hall–Kier alpha value is -1.06. The molecule has 0 saturated carbocycles. The smallest absolute Gasteiger partial charge is 0.118 e. The standard InChI is InChI=1S/C12H19NO2/c1-9(8-14)13-10(2)11-4-6-12(15-3)7-5-11/h4-7,9-10,13-14H,8H2,1-3H3/t9-,10+/m1/s1. The number of hydrogen-bond acceptors (Lipinski definition) is 3. The molecule has 0 aliphatic rings. The zero-order valence-electron chi connectivity index (χ0n) is 9.53. The lowest BCUT2D eigenvalue weighted by Gasteiger charge is -2.18. The van der Waals surface area contributed by atoms with Crippen molar-refractivity contribution in [2.75, 3.05) is 13.7 Å². The Morgan fingerprint density at radius 3 is 2.33 bits per heavy atom. The third-order valence-corrected chi connectivity index (χ3v) is 2.42. The topological polar surface area (TPSA) is 41.5 Å². The van der Waals surface area contributed by atoms with Gasteiger partial charge in [0.1, 0.15) is 5.75 Å². The van der Waals surface area contributed by atoms with Crippen molar-refractivity contribution in [1.29, 1.82) is 0 Å². The largest absolute Gasteiger partial charge is 0.497 e. The maximum absolute atomic E-state index is 8.93. The fourth-order valence-electron chi connectivity index (χ4n) is 1.47. The Bertz CT molecular complexity index is 284. The molecule has 1 aromatic rings. The molecule has 1 rings (SSSR count). The van der Waals surface area contributed by atoms with Crippen molar-refractivity contribution in [3.05, 3.63) is 29.8 Å². The molecule has 0 spiro atoms. The molecule has 0 aromatic heterocycles. The molecule has 15 heavy (non-hydrogen) atoms. The van der Waals surface area contributed by atoms with Crippen LogP contribution in [0.25, 0.3) is 0 Å². The van der Waals surface area contributed by atoms with Gasteiger partial charge in [-0.15, -0.1) is 0 Å². The highest BCUT2D eigenvalue weighted by molar-refractivity contribution is 5.28. The van der Waals surface area contributed by atoms with E-state index in [1.54, 1.807) is 7.11 Å². The highest BCUT2D eigenvalue weighted by Crippen LogP contribution is 2.17. The molecule has 2 N–H and O–H groups in total. The van der Waals surface area contributed by atoms with Gasteiger partial charge in [0.05, 0.1) is 13.7 Å². The molecule has 0 heterocycles. The molecule has 1 aromatic carbocycles. The molecule has 84 valence electrons. The van der Waals surface area contributed by atoms with Gasteiger partial charge >= 0.3 is 0 Å². The van der Waals surface area contributed by atoms with Crippen molar-refractivity contribution < 1.29 is 9.84 Å². The monoisotopic (exact) mass is 209 g/mol. The number of methoxy groups -OCH3 is 1. The van der Waals surface area contributed by atoms with Gasteiger partial charge in [-0.3, -0.25) is 0 Å². The predicted octanol–water partition coefficient (Wildman–Crippen LogP) is 1.73. The van der Waals surface area contributed by atoms with Crippen LogP contribution >= 0.6 is 0 Å². The second-order valence-corrected chi connectivity index (χ2v) is 3.75. The van der Waals surface area contributed by atoms with E-state index in [4.69, 9.17) is 9.84 Å². The Morgan fingerprint density at radius 1 is 1.27 bits per heavy atom. The first-order valence-corrected chi connectivity index (χ1v) is 5.18. The quantitative estimate of drug-likeness (QED) is 0.776. The summed E-state index contributed by atoms with van der Waals surface area (Å²) in [6.45, 7) is 4.19. The van der Waals surface area contributed by atoms with Crippen LogP contribution in [0.5, 0.6) is 5.75 Å². The van der Waals surface area contributed by atoms with E-state index in [0.29, 0.717) is 0 Å². The first kappa shape index (κ1) is 12.0. The molecule has 3 heteroatoms. The van der Waals surface area contributed by atoms with Gasteiger partial charge in [-0.1, -0.05) is 12.1 Å². The van der Waals surface area contributed by atoms with Crippen LogP contribution in [-0.2, 0) is 0 Å². The summed E-state index contributed by atoms with van der Waals surface area (Å²) in [5, 5.41) is 12.2. The average molecular weight is 209 g/mol. The lowest BCUT2D eigenvalue weighted by Crippen LogP contribution is -2.31. The SMILES string of the molecule is COc1ccc([C@H](C)N[C@H](C)CO)cc1. The molecule has 2 atom stereocenters. The molecule has 0 fully saturated rings. The second kappa shape index (κ2) is 5.73. The predicted molar refractivity (Wildman–Crippen MR) is 61.1 cm³/mol. The third kappa shape index (κ3) is 3.53. The van der Waals surface area contributed by atoms with E-state index >= 15 is 0 Å². The molecule has 0 aliphatic carbocycles. The number of benzene rings is 1. The van der Waals surface area contributed by atoms with Crippen molar-refractivity contribution in [1.82, 2.24) is 5.32 Å². The minimum Gasteiger partial charge on any atom is -0.497 e. The summed E-state index contributed by atoms with van der Waals surface area (Å²) in [4.78, 5) is 0. The zero-order valence-corrected chi connectivity index (χ0v) is 9.53. The average Bonchev–Trinajstić information content (AvgIpc) is 2.29. The molecule has 0 bridgehead atoms. The van der Waals surface area contributed by atoms with Gasteiger partial charge in [0.25, 0.3) is 0 Å². The summed E-state index contributed by atoms with van der Waals surface area (Å²) in [5.41, 5.74) is 1.19. The van der Waals surface area contributed by atoms with Crippen LogP contribution < -0.4 is 10.1 Å². The Morgan fingerprint density at radius 2 is 1.87 bits per heavy atom. The van der Waals surface area contributed by atoms with Gasteiger partial charge in [-0.2, -0.15) is 0 Å². The molecular weight excluding hydrogens is 190 g/mol. The molecule has 0 saturated heterocycles. The number of hydrogen-bond donors (Lipinski definition) is 2. The first-order valence-electron chi connectivity index (χ1n) is 5.18. The number of ether oxygens (including phenoxy) is 1. The van der Waals surface area contributed by atoms with E-state index in [-0.39, 0.29) is 18.7 Å². The Balaban J connectivity index is 2.61. The van der Waals surface area contributed by atoms with E-state index in [0.717, 1.165) is 5.75 Å². The minimum atomic E-state index is 0.113. The van der Waals surface area contributed by atoms with Crippen molar-refractivity contribution in [3.8, 4) is 5.75 Å². The number of rotatable bonds is 5. The Kier molecular flexibility index (Phi) is 4.59. The fraction of sp³-hybridized carbons (Fsp3) is 0.500. The van der Waals surface area contributed by atoms with Crippen LogP contribution in [0.4, 0.5) is 0 Å². The van der Waals surface area contributed by atoms with Gasteiger partial charge < -0.3 is 15.2 Å². The summed E-state index contributed by atoms with van der Waals surface area (Å²) in [6.07, 6.45) is 0. The van der Waals surface area contributed by atoms with Gasteiger partial charge in [-0.25, -0.2) is 0 Å². The van der Waals surface area contributed by atoms with E-state index in [9.17, 15) is 0 Å². The van der Waals surface area contributed by atoms with Crippen molar-refractivity contribution in [2.45, 2.75) is 25.9 Å². The zero-order chi connectivity index (χ0) is 11.3. The minimum absolute atomic E-state index is 0.113. The number of aliphatic hydroxyl groups excluding tert-OH is 1. The first-order chi connectivity index (χ1) is 7.17. The highest BCUT2D eigenvalue weighted by atomic mass is 16.5. The van der Waals surface area contributed by atoms with E-state index in [1.807, 2.05) is 31.2 Å². The molecule has 0 aliphatic heterocycles. The second-order valence-electron chi connectivity index (χ2n) is 3.75. The van der Waals surface area contributed by atoms with Gasteiger partial charge in [-0.05, 0) is 31.5 Å². The van der Waals surface area contributed by atoms with E-state index in [1.165, 1.54) is 5.56 Å². The Labute approximate surface area is 91.1 Å². The van der Waals surface area contributed by atoms with Crippen LogP contribution in [0.15, 0.2) is 24.3 Å². The van der Waals surface area contributed by atoms with Crippen LogP contribution in [0.3, 0.4) is 0 Å². The lowest BCUT2D eigenvalue weighted by molar-refractivity contribution is 0.243. The lowest BCUT2D eigenvalue weighted by atomic mass is 10.1. The van der Waals surface area contributed by atoms with Crippen molar-refractivity contribution >= 4 is 0 Å². The van der Waals surface area contributed by atoms with E-state index in [2.05, 4.69) is 12.2 Å². The molecule has 3 nitrogen and oxygen atoms in total. The van der Waals surface area contributed by atoms with Crippen LogP contribution in [0.1, 0.15) is 25.5 Å². The van der Waals surface area contributed by atoms with Gasteiger partial charge in [0.15, 0.2) is 0 Å².